The van der Waals surface area contributed by atoms with Gasteiger partial charge in [0.1, 0.15) is 13.2 Å². The third kappa shape index (κ3) is 5.82. The van der Waals surface area contributed by atoms with Gasteiger partial charge in [-0.2, -0.15) is 0 Å². The topological polar surface area (TPSA) is 95.9 Å². The fourth-order valence-electron chi connectivity index (χ4n) is 5.14. The maximum Gasteiger partial charge on any atom is 0.407 e. The minimum Gasteiger partial charge on any atom is -0.480 e. The first kappa shape index (κ1) is 24.6. The van der Waals surface area contributed by atoms with Crippen molar-refractivity contribution in [1.82, 2.24) is 10.2 Å². The Morgan fingerprint density at radius 3 is 2.08 bits per heavy atom. The number of carboxylic acid groups (broad SMARTS) is 1. The molecule has 0 spiro atoms. The summed E-state index contributed by atoms with van der Waals surface area (Å²) in [6.45, 7) is 0.00863. The molecule has 0 bridgehead atoms. The molecule has 0 radical (unpaired) electrons. The van der Waals surface area contributed by atoms with Crippen LogP contribution in [0.4, 0.5) is 4.79 Å². The molecular weight excluding hydrogens is 468 g/mol. The van der Waals surface area contributed by atoms with Gasteiger partial charge in [-0.05, 0) is 46.6 Å². The monoisotopic (exact) mass is 498 g/mol. The smallest absolute Gasteiger partial charge is 0.407 e. The summed E-state index contributed by atoms with van der Waals surface area (Å²) in [5.74, 6) is -1.23. The highest BCUT2D eigenvalue weighted by atomic mass is 16.5. The number of nitrogens with one attached hydrogen (secondary N) is 1. The van der Waals surface area contributed by atoms with Gasteiger partial charge < -0.3 is 20.1 Å². The summed E-state index contributed by atoms with van der Waals surface area (Å²) in [7, 11) is 0. The van der Waals surface area contributed by atoms with Crippen LogP contribution < -0.4 is 5.32 Å². The standard InChI is InChI=1S/C30H30N2O5/c33-28(32(18-29(34)35)17-20-8-2-1-3-9-20)16-27(21-14-15-21)31-30(36)37-19-26-24-12-6-4-10-22(24)23-11-5-7-13-25(23)26/h1-13,21,26-27H,14-19H2,(H,31,36)(H,34,35). The van der Waals surface area contributed by atoms with Gasteiger partial charge in [0.05, 0.1) is 0 Å². The number of alkyl carbamates (subject to hydrolysis) is 1. The molecule has 2 amide bonds. The van der Waals surface area contributed by atoms with E-state index in [0.29, 0.717) is 0 Å². The number of carbonyl (C=O) groups excluding carboxylic acids is 2. The van der Waals surface area contributed by atoms with Gasteiger partial charge in [-0.15, -0.1) is 0 Å². The highest BCUT2D eigenvalue weighted by molar-refractivity contribution is 5.82. The van der Waals surface area contributed by atoms with Gasteiger partial charge in [-0.25, -0.2) is 4.79 Å². The molecule has 3 aromatic carbocycles. The van der Waals surface area contributed by atoms with Crippen LogP contribution in [0.25, 0.3) is 11.1 Å². The molecular formula is C30H30N2O5. The van der Waals surface area contributed by atoms with Crippen LogP contribution in [0.2, 0.25) is 0 Å². The number of amides is 2. The molecule has 1 saturated carbocycles. The first-order chi connectivity index (χ1) is 18.0. The summed E-state index contributed by atoms with van der Waals surface area (Å²) in [4.78, 5) is 38.7. The van der Waals surface area contributed by atoms with Crippen molar-refractivity contribution in [2.75, 3.05) is 13.2 Å². The van der Waals surface area contributed by atoms with Crippen molar-refractivity contribution in [3.63, 3.8) is 0 Å². The molecule has 190 valence electrons. The van der Waals surface area contributed by atoms with Crippen LogP contribution in [-0.4, -0.2) is 47.2 Å². The first-order valence-electron chi connectivity index (χ1n) is 12.6. The van der Waals surface area contributed by atoms with Crippen LogP contribution in [0.1, 0.15) is 41.9 Å². The van der Waals surface area contributed by atoms with E-state index in [1.54, 1.807) is 0 Å². The highest BCUT2D eigenvalue weighted by Gasteiger charge is 2.36. The van der Waals surface area contributed by atoms with Gasteiger partial charge in [0.25, 0.3) is 0 Å². The van der Waals surface area contributed by atoms with Gasteiger partial charge in [0, 0.05) is 24.9 Å². The second-order valence-corrected chi connectivity index (χ2v) is 9.75. The van der Waals surface area contributed by atoms with Crippen LogP contribution in [0.15, 0.2) is 78.9 Å². The minimum atomic E-state index is -1.07. The molecule has 2 aliphatic rings. The maximum atomic E-state index is 13.1. The number of hydrogen-bond donors (Lipinski definition) is 2. The fraction of sp³-hybridized carbons (Fsp3) is 0.300. The molecule has 7 heteroatoms. The quantitative estimate of drug-likeness (QED) is 0.418. The fourth-order valence-corrected chi connectivity index (χ4v) is 5.14. The molecule has 0 heterocycles. The zero-order chi connectivity index (χ0) is 25.8. The predicted molar refractivity (Wildman–Crippen MR) is 139 cm³/mol. The summed E-state index contributed by atoms with van der Waals surface area (Å²) in [6, 6.07) is 25.2. The van der Waals surface area contributed by atoms with Gasteiger partial charge in [0.15, 0.2) is 0 Å². The number of fused-ring (bicyclic) bond motifs is 3. The lowest BCUT2D eigenvalue weighted by molar-refractivity contribution is -0.145. The molecule has 1 fully saturated rings. The van der Waals surface area contributed by atoms with E-state index in [0.717, 1.165) is 40.7 Å². The van der Waals surface area contributed by atoms with E-state index in [4.69, 9.17) is 4.74 Å². The van der Waals surface area contributed by atoms with Crippen molar-refractivity contribution < 1.29 is 24.2 Å². The van der Waals surface area contributed by atoms with E-state index >= 15 is 0 Å². The summed E-state index contributed by atoms with van der Waals surface area (Å²) >= 11 is 0. The van der Waals surface area contributed by atoms with Crippen molar-refractivity contribution >= 4 is 18.0 Å². The predicted octanol–water partition coefficient (Wildman–Crippen LogP) is 4.81. The Hall–Kier alpha value is -4.13. The summed E-state index contributed by atoms with van der Waals surface area (Å²) in [6.07, 6.45) is 1.31. The molecule has 5 rings (SSSR count). The summed E-state index contributed by atoms with van der Waals surface area (Å²) < 4.78 is 5.68. The van der Waals surface area contributed by atoms with Crippen molar-refractivity contribution in [1.29, 1.82) is 0 Å². The third-order valence-corrected chi connectivity index (χ3v) is 7.13. The largest absolute Gasteiger partial charge is 0.480 e. The number of carboxylic acids is 1. The number of carbonyl (C=O) groups is 3. The number of hydrogen-bond acceptors (Lipinski definition) is 4. The first-order valence-corrected chi connectivity index (χ1v) is 12.6. The van der Waals surface area contributed by atoms with E-state index in [1.807, 2.05) is 54.6 Å². The molecule has 0 saturated heterocycles. The Morgan fingerprint density at radius 1 is 0.892 bits per heavy atom. The van der Waals surface area contributed by atoms with E-state index in [2.05, 4.69) is 29.6 Å². The van der Waals surface area contributed by atoms with Gasteiger partial charge in [-0.3, -0.25) is 9.59 Å². The van der Waals surface area contributed by atoms with E-state index < -0.39 is 24.6 Å². The van der Waals surface area contributed by atoms with Crippen LogP contribution in [-0.2, 0) is 20.9 Å². The normalized spacial score (nSPS) is 14.8. The van der Waals surface area contributed by atoms with Gasteiger partial charge in [-0.1, -0.05) is 78.9 Å². The van der Waals surface area contributed by atoms with Crippen molar-refractivity contribution in [3.8, 4) is 11.1 Å². The SMILES string of the molecule is O=C(O)CN(Cc1ccccc1)C(=O)CC(NC(=O)OCC1c2ccccc2-c2ccccc21)C1CC1. The Kier molecular flexibility index (Phi) is 7.21. The molecule has 0 aliphatic heterocycles. The number of benzene rings is 3. The Morgan fingerprint density at radius 2 is 1.49 bits per heavy atom. The Balaban J connectivity index is 1.22. The van der Waals surface area contributed by atoms with Crippen LogP contribution in [0.5, 0.6) is 0 Å². The van der Waals surface area contributed by atoms with Crippen molar-refractivity contribution in [2.45, 2.75) is 37.8 Å². The second kappa shape index (κ2) is 10.9. The van der Waals surface area contributed by atoms with E-state index in [-0.39, 0.29) is 37.3 Å². The lowest BCUT2D eigenvalue weighted by Crippen LogP contribution is -2.43. The van der Waals surface area contributed by atoms with Crippen LogP contribution in [0, 0.1) is 5.92 Å². The average Bonchev–Trinajstić information content (AvgIpc) is 3.70. The molecule has 2 N–H and O–H groups in total. The Bertz CT molecular complexity index is 1240. The third-order valence-electron chi connectivity index (χ3n) is 7.13. The number of aliphatic carboxylic acids is 1. The summed E-state index contributed by atoms with van der Waals surface area (Å²) in [5.41, 5.74) is 5.44. The number of nitrogens with zero attached hydrogens (tertiary/aromatic N) is 1. The molecule has 1 atom stereocenters. The molecule has 0 aromatic heterocycles. The highest BCUT2D eigenvalue weighted by Crippen LogP contribution is 2.44. The molecule has 3 aromatic rings. The zero-order valence-corrected chi connectivity index (χ0v) is 20.5. The summed E-state index contributed by atoms with van der Waals surface area (Å²) in [5, 5.41) is 12.2. The average molecular weight is 499 g/mol. The molecule has 37 heavy (non-hydrogen) atoms. The van der Waals surface area contributed by atoms with Crippen molar-refractivity contribution in [3.05, 3.63) is 95.6 Å². The lowest BCUT2D eigenvalue weighted by atomic mass is 9.98. The zero-order valence-electron chi connectivity index (χ0n) is 20.5. The van der Waals surface area contributed by atoms with E-state index in [9.17, 15) is 19.5 Å². The minimum absolute atomic E-state index is 0.0367. The molecule has 2 aliphatic carbocycles. The number of rotatable bonds is 10. The van der Waals surface area contributed by atoms with Crippen LogP contribution >= 0.6 is 0 Å². The molecule has 7 nitrogen and oxygen atoms in total. The van der Waals surface area contributed by atoms with Gasteiger partial charge >= 0.3 is 12.1 Å². The van der Waals surface area contributed by atoms with E-state index in [1.165, 1.54) is 4.90 Å². The van der Waals surface area contributed by atoms with Gasteiger partial charge in [0.2, 0.25) is 5.91 Å². The molecule has 1 unspecified atom stereocenters. The van der Waals surface area contributed by atoms with Crippen LogP contribution in [0.3, 0.4) is 0 Å². The Labute approximate surface area is 216 Å². The maximum absolute atomic E-state index is 13.1. The number of ether oxygens (including phenoxy) is 1. The second-order valence-electron chi connectivity index (χ2n) is 9.75. The van der Waals surface area contributed by atoms with Crippen molar-refractivity contribution in [2.24, 2.45) is 5.92 Å². The lowest BCUT2D eigenvalue weighted by Gasteiger charge is -2.25.